The Balaban J connectivity index is 1.85. The molecule has 1 amide bonds. The van der Waals surface area contributed by atoms with Gasteiger partial charge >= 0.3 is 5.97 Å². The topological polar surface area (TPSA) is 49.9 Å². The Morgan fingerprint density at radius 3 is 2.44 bits per heavy atom. The smallest absolute Gasteiger partial charge is 0.307 e. The molecule has 1 heterocycles. The van der Waals surface area contributed by atoms with Gasteiger partial charge in [0.05, 0.1) is 13.0 Å². The first-order valence-corrected chi connectivity index (χ1v) is 9.35. The molecule has 1 aliphatic rings. The van der Waals surface area contributed by atoms with Crippen LogP contribution >= 0.6 is 0 Å². The van der Waals surface area contributed by atoms with Crippen molar-refractivity contribution in [3.63, 3.8) is 0 Å². The first-order chi connectivity index (χ1) is 12.1. The summed E-state index contributed by atoms with van der Waals surface area (Å²) in [5.41, 5.74) is 1.32. The van der Waals surface area contributed by atoms with Crippen LogP contribution in [0.15, 0.2) is 30.3 Å². The van der Waals surface area contributed by atoms with Gasteiger partial charge in [0.25, 0.3) is 0 Å². The third-order valence-corrected chi connectivity index (χ3v) is 4.73. The number of carbonyl (C=O) groups is 2. The van der Waals surface area contributed by atoms with E-state index >= 15 is 0 Å². The van der Waals surface area contributed by atoms with E-state index in [4.69, 9.17) is 4.74 Å². The van der Waals surface area contributed by atoms with E-state index in [1.165, 1.54) is 5.56 Å². The maximum Gasteiger partial charge on any atom is 0.307 e. The molecule has 5 nitrogen and oxygen atoms in total. The second kappa shape index (κ2) is 10.2. The molecule has 0 aliphatic carbocycles. The number of ether oxygens (including phenoxy) is 1. The number of carbonyl (C=O) groups excluding carboxylic acids is 2. The summed E-state index contributed by atoms with van der Waals surface area (Å²) in [7, 11) is 0. The lowest BCUT2D eigenvalue weighted by atomic mass is 10.0. The van der Waals surface area contributed by atoms with Crippen LogP contribution in [0.5, 0.6) is 0 Å². The van der Waals surface area contributed by atoms with Gasteiger partial charge in [-0.25, -0.2) is 0 Å². The molecule has 1 aromatic carbocycles. The minimum Gasteiger partial charge on any atom is -0.466 e. The van der Waals surface area contributed by atoms with Gasteiger partial charge in [-0.15, -0.1) is 0 Å². The Labute approximate surface area is 150 Å². The van der Waals surface area contributed by atoms with Crippen molar-refractivity contribution in [2.24, 2.45) is 0 Å². The summed E-state index contributed by atoms with van der Waals surface area (Å²) >= 11 is 0. The van der Waals surface area contributed by atoms with E-state index < -0.39 is 0 Å². The second-order valence-electron chi connectivity index (χ2n) is 6.49. The minimum atomic E-state index is -0.224. The van der Waals surface area contributed by atoms with Crippen LogP contribution in [0.25, 0.3) is 0 Å². The zero-order chi connectivity index (χ0) is 18.1. The quantitative estimate of drug-likeness (QED) is 0.679. The molecule has 0 aromatic heterocycles. The van der Waals surface area contributed by atoms with Crippen molar-refractivity contribution in [2.75, 3.05) is 26.2 Å². The van der Waals surface area contributed by atoms with Gasteiger partial charge in [-0.05, 0) is 25.3 Å². The van der Waals surface area contributed by atoms with Crippen LogP contribution in [0.4, 0.5) is 0 Å². The lowest BCUT2D eigenvalue weighted by Crippen LogP contribution is -2.47. The molecule has 1 saturated heterocycles. The number of nitrogens with zero attached hydrogens (tertiary/aromatic N) is 2. The van der Waals surface area contributed by atoms with Crippen LogP contribution in [0.2, 0.25) is 0 Å². The van der Waals surface area contributed by atoms with Crippen LogP contribution in [0.1, 0.15) is 45.1 Å². The van der Waals surface area contributed by atoms with E-state index in [1.807, 2.05) is 17.9 Å². The molecule has 0 unspecified atom stereocenters. The standard InChI is InChI=1S/C20H30N2O3/c1-3-19(23)22(15-12-20(24)25-4-2)18-10-13-21(14-11-18)16-17-8-6-5-7-9-17/h5-9,18H,3-4,10-16H2,1-2H3. The highest BCUT2D eigenvalue weighted by Crippen LogP contribution is 2.19. The van der Waals surface area contributed by atoms with Gasteiger partial charge in [-0.2, -0.15) is 0 Å². The number of rotatable bonds is 8. The predicted molar refractivity (Wildman–Crippen MR) is 98.0 cm³/mol. The number of hydrogen-bond donors (Lipinski definition) is 0. The lowest BCUT2D eigenvalue weighted by molar-refractivity contribution is -0.144. The van der Waals surface area contributed by atoms with Crippen molar-refractivity contribution in [3.8, 4) is 0 Å². The van der Waals surface area contributed by atoms with Crippen molar-refractivity contribution in [1.82, 2.24) is 9.80 Å². The van der Waals surface area contributed by atoms with Crippen molar-refractivity contribution in [2.45, 2.75) is 52.1 Å². The van der Waals surface area contributed by atoms with Gasteiger partial charge in [0.1, 0.15) is 0 Å². The first-order valence-electron chi connectivity index (χ1n) is 9.35. The van der Waals surface area contributed by atoms with Crippen LogP contribution in [-0.2, 0) is 20.9 Å². The highest BCUT2D eigenvalue weighted by molar-refractivity contribution is 5.77. The molecule has 0 atom stereocenters. The van der Waals surface area contributed by atoms with Crippen LogP contribution in [0.3, 0.4) is 0 Å². The molecule has 0 bridgehead atoms. The van der Waals surface area contributed by atoms with Crippen LogP contribution in [0, 0.1) is 0 Å². The third kappa shape index (κ3) is 6.16. The fraction of sp³-hybridized carbons (Fsp3) is 0.600. The van der Waals surface area contributed by atoms with Crippen LogP contribution < -0.4 is 0 Å². The van der Waals surface area contributed by atoms with E-state index in [1.54, 1.807) is 6.92 Å². The van der Waals surface area contributed by atoms with Crippen molar-refractivity contribution < 1.29 is 14.3 Å². The zero-order valence-corrected chi connectivity index (χ0v) is 15.4. The molecule has 0 saturated carbocycles. The van der Waals surface area contributed by atoms with E-state index in [2.05, 4.69) is 29.2 Å². The van der Waals surface area contributed by atoms with Gasteiger partial charge in [0.15, 0.2) is 0 Å². The largest absolute Gasteiger partial charge is 0.466 e. The van der Waals surface area contributed by atoms with E-state index in [9.17, 15) is 9.59 Å². The normalized spacial score (nSPS) is 15.8. The summed E-state index contributed by atoms with van der Waals surface area (Å²) in [5.74, 6) is -0.0938. The molecule has 0 N–H and O–H groups in total. The van der Waals surface area contributed by atoms with E-state index in [-0.39, 0.29) is 24.3 Å². The molecule has 1 aromatic rings. The molecule has 2 rings (SSSR count). The van der Waals surface area contributed by atoms with Gasteiger partial charge in [-0.3, -0.25) is 14.5 Å². The maximum absolute atomic E-state index is 12.3. The molecular formula is C20H30N2O3. The van der Waals surface area contributed by atoms with Gasteiger partial charge < -0.3 is 9.64 Å². The molecule has 1 aliphatic heterocycles. The minimum absolute atomic E-state index is 0.130. The number of likely N-dealkylation sites (tertiary alicyclic amines) is 1. The predicted octanol–water partition coefficient (Wildman–Crippen LogP) is 2.84. The number of esters is 1. The number of hydrogen-bond acceptors (Lipinski definition) is 4. The fourth-order valence-electron chi connectivity index (χ4n) is 3.39. The SMILES string of the molecule is CCOC(=O)CCN(C(=O)CC)C1CCN(Cc2ccccc2)CC1. The highest BCUT2D eigenvalue weighted by Gasteiger charge is 2.27. The molecule has 0 spiro atoms. The summed E-state index contributed by atoms with van der Waals surface area (Å²) < 4.78 is 4.99. The maximum atomic E-state index is 12.3. The number of amides is 1. The summed E-state index contributed by atoms with van der Waals surface area (Å²) in [6.07, 6.45) is 2.68. The summed E-state index contributed by atoms with van der Waals surface area (Å²) in [6.45, 7) is 7.45. The van der Waals surface area contributed by atoms with Gasteiger partial charge in [0, 0.05) is 38.6 Å². The van der Waals surface area contributed by atoms with Gasteiger partial charge in [-0.1, -0.05) is 37.3 Å². The third-order valence-electron chi connectivity index (χ3n) is 4.73. The molecule has 138 valence electrons. The van der Waals surface area contributed by atoms with E-state index in [0.717, 1.165) is 32.5 Å². The Kier molecular flexibility index (Phi) is 7.92. The first kappa shape index (κ1) is 19.4. The Bertz CT molecular complexity index is 539. The Morgan fingerprint density at radius 1 is 1.16 bits per heavy atom. The molecule has 0 radical (unpaired) electrons. The average molecular weight is 346 g/mol. The summed E-state index contributed by atoms with van der Waals surface area (Å²) in [4.78, 5) is 28.3. The second-order valence-corrected chi connectivity index (χ2v) is 6.49. The van der Waals surface area contributed by atoms with Crippen molar-refractivity contribution >= 4 is 11.9 Å². The number of benzene rings is 1. The highest BCUT2D eigenvalue weighted by atomic mass is 16.5. The molecular weight excluding hydrogens is 316 g/mol. The summed E-state index contributed by atoms with van der Waals surface area (Å²) in [5, 5.41) is 0. The number of piperidine rings is 1. The molecule has 1 fully saturated rings. The molecule has 5 heteroatoms. The summed E-state index contributed by atoms with van der Waals surface area (Å²) in [6, 6.07) is 10.7. The van der Waals surface area contributed by atoms with E-state index in [0.29, 0.717) is 19.6 Å². The Morgan fingerprint density at radius 2 is 1.84 bits per heavy atom. The van der Waals surface area contributed by atoms with Crippen molar-refractivity contribution in [1.29, 1.82) is 0 Å². The zero-order valence-electron chi connectivity index (χ0n) is 15.4. The van der Waals surface area contributed by atoms with Gasteiger partial charge in [0.2, 0.25) is 5.91 Å². The fourth-order valence-corrected chi connectivity index (χ4v) is 3.39. The Hall–Kier alpha value is -1.88. The monoisotopic (exact) mass is 346 g/mol. The van der Waals surface area contributed by atoms with Crippen molar-refractivity contribution in [3.05, 3.63) is 35.9 Å². The van der Waals surface area contributed by atoms with Crippen LogP contribution in [-0.4, -0.2) is 54.0 Å². The average Bonchev–Trinajstić information content (AvgIpc) is 2.64. The lowest BCUT2D eigenvalue weighted by Gasteiger charge is -2.38. The molecule has 25 heavy (non-hydrogen) atoms.